The quantitative estimate of drug-likeness (QED) is 0.776. The van der Waals surface area contributed by atoms with Gasteiger partial charge in [0, 0.05) is 18.5 Å². The molecule has 1 heterocycles. The van der Waals surface area contributed by atoms with Crippen molar-refractivity contribution in [1.82, 2.24) is 5.32 Å². The zero-order chi connectivity index (χ0) is 19.1. The molecule has 0 aromatic heterocycles. The maximum atomic E-state index is 12.3. The van der Waals surface area contributed by atoms with Crippen molar-refractivity contribution >= 4 is 11.9 Å². The Kier molecular flexibility index (Phi) is 6.14. The fourth-order valence-electron chi connectivity index (χ4n) is 2.62. The molecule has 1 aliphatic rings. The van der Waals surface area contributed by atoms with Gasteiger partial charge in [-0.2, -0.15) is 0 Å². The number of carbonyl (C=O) groups excluding carboxylic acids is 1. The second kappa shape index (κ2) is 8.93. The summed E-state index contributed by atoms with van der Waals surface area (Å²) in [4.78, 5) is 22.8. The molecule has 7 nitrogen and oxygen atoms in total. The minimum atomic E-state index is -1.02. The van der Waals surface area contributed by atoms with Crippen molar-refractivity contribution in [3.63, 3.8) is 0 Å². The van der Waals surface area contributed by atoms with Crippen LogP contribution in [0.15, 0.2) is 42.5 Å². The Balaban J connectivity index is 1.49. The summed E-state index contributed by atoms with van der Waals surface area (Å²) in [6, 6.07) is 12.3. The van der Waals surface area contributed by atoms with Gasteiger partial charge < -0.3 is 24.6 Å². The molecule has 0 spiro atoms. The predicted molar refractivity (Wildman–Crippen MR) is 97.7 cm³/mol. The van der Waals surface area contributed by atoms with Crippen LogP contribution < -0.4 is 19.5 Å². The molecule has 0 radical (unpaired) electrons. The minimum Gasteiger partial charge on any atom is -0.490 e. The SMILES string of the molecule is O=C(O)COc1ccc(CCNC(=O)c2ccc3c(c2)OCCCO3)cc1. The molecule has 0 saturated carbocycles. The Morgan fingerprint density at radius 3 is 2.52 bits per heavy atom. The summed E-state index contributed by atoms with van der Waals surface area (Å²) in [6.45, 7) is 1.29. The van der Waals surface area contributed by atoms with Crippen LogP contribution >= 0.6 is 0 Å². The molecule has 0 aliphatic carbocycles. The molecule has 1 amide bonds. The number of nitrogens with one attached hydrogen (secondary N) is 1. The molecule has 0 saturated heterocycles. The van der Waals surface area contributed by atoms with Gasteiger partial charge in [0.25, 0.3) is 5.91 Å². The number of hydrogen-bond acceptors (Lipinski definition) is 5. The summed E-state index contributed by atoms with van der Waals surface area (Å²) in [6.07, 6.45) is 1.46. The monoisotopic (exact) mass is 371 g/mol. The first-order valence-electron chi connectivity index (χ1n) is 8.73. The van der Waals surface area contributed by atoms with E-state index in [1.807, 2.05) is 12.1 Å². The van der Waals surface area contributed by atoms with E-state index in [0.29, 0.717) is 49.0 Å². The van der Waals surface area contributed by atoms with E-state index >= 15 is 0 Å². The summed E-state index contributed by atoms with van der Waals surface area (Å²) in [5.74, 6) is 0.562. The fraction of sp³-hybridized carbons (Fsp3) is 0.300. The number of hydrogen-bond donors (Lipinski definition) is 2. The van der Waals surface area contributed by atoms with Crippen LogP contribution in [0.2, 0.25) is 0 Å². The van der Waals surface area contributed by atoms with Gasteiger partial charge in [0.1, 0.15) is 5.75 Å². The number of amides is 1. The summed E-state index contributed by atoms with van der Waals surface area (Å²) in [5, 5.41) is 11.5. The van der Waals surface area contributed by atoms with Gasteiger partial charge in [-0.3, -0.25) is 4.79 Å². The molecule has 142 valence electrons. The second-order valence-electron chi connectivity index (χ2n) is 6.04. The normalized spacial score (nSPS) is 12.7. The maximum absolute atomic E-state index is 12.3. The first-order valence-corrected chi connectivity index (χ1v) is 8.73. The van der Waals surface area contributed by atoms with Crippen molar-refractivity contribution in [2.75, 3.05) is 26.4 Å². The smallest absolute Gasteiger partial charge is 0.341 e. The molecule has 27 heavy (non-hydrogen) atoms. The average Bonchev–Trinajstić information content (AvgIpc) is 2.92. The molecule has 2 aromatic carbocycles. The Morgan fingerprint density at radius 2 is 1.78 bits per heavy atom. The van der Waals surface area contributed by atoms with Gasteiger partial charge in [-0.05, 0) is 42.3 Å². The highest BCUT2D eigenvalue weighted by Gasteiger charge is 2.13. The van der Waals surface area contributed by atoms with Crippen molar-refractivity contribution in [3.05, 3.63) is 53.6 Å². The van der Waals surface area contributed by atoms with E-state index < -0.39 is 5.97 Å². The lowest BCUT2D eigenvalue weighted by molar-refractivity contribution is -0.139. The van der Waals surface area contributed by atoms with Crippen LogP contribution in [0.25, 0.3) is 0 Å². The predicted octanol–water partition coefficient (Wildman–Crippen LogP) is 2.28. The van der Waals surface area contributed by atoms with Crippen molar-refractivity contribution < 1.29 is 28.9 Å². The van der Waals surface area contributed by atoms with Gasteiger partial charge in [0.05, 0.1) is 13.2 Å². The van der Waals surface area contributed by atoms with E-state index in [0.717, 1.165) is 12.0 Å². The summed E-state index contributed by atoms with van der Waals surface area (Å²) in [5.41, 5.74) is 1.54. The summed E-state index contributed by atoms with van der Waals surface area (Å²) >= 11 is 0. The first-order chi connectivity index (χ1) is 13.1. The van der Waals surface area contributed by atoms with Crippen molar-refractivity contribution in [1.29, 1.82) is 0 Å². The Labute approximate surface area is 156 Å². The van der Waals surface area contributed by atoms with Gasteiger partial charge in [0.15, 0.2) is 18.1 Å². The molecule has 2 N–H and O–H groups in total. The average molecular weight is 371 g/mol. The Hall–Kier alpha value is -3.22. The third kappa shape index (κ3) is 5.37. The number of carbonyl (C=O) groups is 2. The third-order valence-corrected chi connectivity index (χ3v) is 3.99. The van der Waals surface area contributed by atoms with Gasteiger partial charge >= 0.3 is 5.97 Å². The number of fused-ring (bicyclic) bond motifs is 1. The van der Waals surface area contributed by atoms with Crippen LogP contribution in [0.1, 0.15) is 22.3 Å². The van der Waals surface area contributed by atoms with Crippen molar-refractivity contribution in [3.8, 4) is 17.2 Å². The van der Waals surface area contributed by atoms with Crippen LogP contribution in [0.4, 0.5) is 0 Å². The molecule has 0 unspecified atom stereocenters. The van der Waals surface area contributed by atoms with Crippen LogP contribution in [0.3, 0.4) is 0 Å². The topological polar surface area (TPSA) is 94.1 Å². The number of carboxylic acids is 1. The Morgan fingerprint density at radius 1 is 1.04 bits per heavy atom. The van der Waals surface area contributed by atoms with E-state index in [1.165, 1.54) is 0 Å². The molecular formula is C20H21NO6. The lowest BCUT2D eigenvalue weighted by Gasteiger charge is -2.10. The largest absolute Gasteiger partial charge is 0.490 e. The van der Waals surface area contributed by atoms with Crippen LogP contribution in [0, 0.1) is 0 Å². The molecule has 3 rings (SSSR count). The van der Waals surface area contributed by atoms with E-state index in [1.54, 1.807) is 30.3 Å². The van der Waals surface area contributed by atoms with Gasteiger partial charge in [0.2, 0.25) is 0 Å². The van der Waals surface area contributed by atoms with Crippen molar-refractivity contribution in [2.45, 2.75) is 12.8 Å². The molecule has 1 aliphatic heterocycles. The van der Waals surface area contributed by atoms with Gasteiger partial charge in [-0.15, -0.1) is 0 Å². The van der Waals surface area contributed by atoms with E-state index in [4.69, 9.17) is 19.3 Å². The zero-order valence-electron chi connectivity index (χ0n) is 14.8. The highest BCUT2D eigenvalue weighted by atomic mass is 16.5. The maximum Gasteiger partial charge on any atom is 0.341 e. The third-order valence-electron chi connectivity index (χ3n) is 3.99. The number of rotatable bonds is 7. The minimum absolute atomic E-state index is 0.174. The summed E-state index contributed by atoms with van der Waals surface area (Å²) < 4.78 is 16.3. The van der Waals surface area contributed by atoms with Crippen LogP contribution in [0.5, 0.6) is 17.2 Å². The standard InChI is InChI=1S/C20H21NO6/c22-19(23)13-27-16-5-2-14(3-6-16)8-9-21-20(24)15-4-7-17-18(12-15)26-11-1-10-25-17/h2-7,12H,1,8-11,13H2,(H,21,24)(H,22,23). The van der Waals surface area contributed by atoms with E-state index in [-0.39, 0.29) is 12.5 Å². The Bertz CT molecular complexity index is 803. The zero-order valence-corrected chi connectivity index (χ0v) is 14.8. The highest BCUT2D eigenvalue weighted by Crippen LogP contribution is 2.30. The number of aliphatic carboxylic acids is 1. The fourth-order valence-corrected chi connectivity index (χ4v) is 2.62. The lowest BCUT2D eigenvalue weighted by Crippen LogP contribution is -2.25. The molecule has 7 heteroatoms. The van der Waals surface area contributed by atoms with Gasteiger partial charge in [-0.25, -0.2) is 4.79 Å². The van der Waals surface area contributed by atoms with Crippen molar-refractivity contribution in [2.24, 2.45) is 0 Å². The molecular weight excluding hydrogens is 350 g/mol. The lowest BCUT2D eigenvalue weighted by atomic mass is 10.1. The number of ether oxygens (including phenoxy) is 3. The number of carboxylic acid groups (broad SMARTS) is 1. The van der Waals surface area contributed by atoms with Crippen LogP contribution in [-0.2, 0) is 11.2 Å². The molecule has 0 atom stereocenters. The molecule has 0 bridgehead atoms. The molecule has 2 aromatic rings. The van der Waals surface area contributed by atoms with E-state index in [9.17, 15) is 9.59 Å². The first kappa shape index (κ1) is 18.6. The summed E-state index contributed by atoms with van der Waals surface area (Å²) in [7, 11) is 0. The van der Waals surface area contributed by atoms with Gasteiger partial charge in [-0.1, -0.05) is 12.1 Å². The molecule has 0 fully saturated rings. The van der Waals surface area contributed by atoms with Crippen LogP contribution in [-0.4, -0.2) is 43.3 Å². The highest BCUT2D eigenvalue weighted by molar-refractivity contribution is 5.94. The number of benzene rings is 2. The van der Waals surface area contributed by atoms with E-state index in [2.05, 4.69) is 5.32 Å². The second-order valence-corrected chi connectivity index (χ2v) is 6.04.